The van der Waals surface area contributed by atoms with Crippen molar-refractivity contribution in [1.82, 2.24) is 4.90 Å². The van der Waals surface area contributed by atoms with E-state index in [4.69, 9.17) is 9.47 Å². The lowest BCUT2D eigenvalue weighted by Gasteiger charge is -2.18. The minimum Gasteiger partial charge on any atom is -0.507 e. The van der Waals surface area contributed by atoms with E-state index in [0.717, 1.165) is 5.56 Å². The maximum absolute atomic E-state index is 13.3. The highest BCUT2D eigenvalue weighted by molar-refractivity contribution is 6.09. The number of benzene rings is 3. The van der Waals surface area contributed by atoms with Crippen LogP contribution in [0, 0.1) is 17.0 Å². The molecule has 3 aromatic carbocycles. The molecule has 0 aliphatic rings. The Kier molecular flexibility index (Phi) is 8.75. The molecule has 0 bridgehead atoms. The molecule has 1 N–H and O–H groups in total. The second-order valence-electron chi connectivity index (χ2n) is 8.42. The normalized spacial score (nSPS) is 10.8. The van der Waals surface area contributed by atoms with E-state index in [9.17, 15) is 24.8 Å². The van der Waals surface area contributed by atoms with E-state index in [1.54, 1.807) is 32.0 Å². The number of esters is 2. The molecule has 3 rings (SSSR count). The second kappa shape index (κ2) is 11.9. The van der Waals surface area contributed by atoms with E-state index in [1.165, 1.54) is 24.3 Å². The average Bonchev–Trinajstić information content (AvgIpc) is 2.83. The Balaban J connectivity index is 2.09. The number of nitro benzene ring substituents is 1. The van der Waals surface area contributed by atoms with Crippen LogP contribution in [0.15, 0.2) is 60.7 Å². The number of phenolic OH excluding ortho intramolecular Hbond substituents is 1. The van der Waals surface area contributed by atoms with Gasteiger partial charge in [0.25, 0.3) is 5.69 Å². The molecule has 0 saturated heterocycles. The summed E-state index contributed by atoms with van der Waals surface area (Å²) < 4.78 is 10.8. The molecule has 0 aliphatic heterocycles. The zero-order valence-electron chi connectivity index (χ0n) is 20.4. The van der Waals surface area contributed by atoms with Gasteiger partial charge in [-0.3, -0.25) is 10.1 Å². The van der Waals surface area contributed by atoms with Crippen molar-refractivity contribution in [2.45, 2.75) is 13.3 Å². The number of nitro groups is 1. The van der Waals surface area contributed by atoms with Crippen LogP contribution in [-0.2, 0) is 15.9 Å². The van der Waals surface area contributed by atoms with Crippen molar-refractivity contribution in [3.05, 3.63) is 93.0 Å². The van der Waals surface area contributed by atoms with Gasteiger partial charge in [0.1, 0.15) is 17.9 Å². The van der Waals surface area contributed by atoms with Gasteiger partial charge in [-0.2, -0.15) is 0 Å². The van der Waals surface area contributed by atoms with Crippen LogP contribution >= 0.6 is 0 Å². The molecule has 0 unspecified atom stereocenters. The minimum absolute atomic E-state index is 0.00364. The molecular weight excluding hydrogens is 464 g/mol. The average molecular weight is 493 g/mol. The number of aryl methyl sites for hydroxylation is 1. The van der Waals surface area contributed by atoms with Crippen LogP contribution in [0.2, 0.25) is 0 Å². The molecule has 0 heterocycles. The number of nitrogens with zero attached hydrogens (tertiary/aromatic N) is 2. The van der Waals surface area contributed by atoms with Gasteiger partial charge in [0.2, 0.25) is 0 Å². The van der Waals surface area contributed by atoms with Crippen LogP contribution in [0.5, 0.6) is 5.75 Å². The first-order valence-electron chi connectivity index (χ1n) is 11.3. The Morgan fingerprint density at radius 2 is 1.56 bits per heavy atom. The van der Waals surface area contributed by atoms with Crippen molar-refractivity contribution in [3.63, 3.8) is 0 Å². The van der Waals surface area contributed by atoms with Crippen LogP contribution in [0.3, 0.4) is 0 Å². The van der Waals surface area contributed by atoms with Gasteiger partial charge >= 0.3 is 11.9 Å². The van der Waals surface area contributed by atoms with Crippen molar-refractivity contribution < 1.29 is 29.1 Å². The van der Waals surface area contributed by atoms with E-state index in [2.05, 4.69) is 0 Å². The van der Waals surface area contributed by atoms with Gasteiger partial charge in [-0.15, -0.1) is 0 Å². The predicted octanol–water partition coefficient (Wildman–Crippen LogP) is 4.39. The van der Waals surface area contributed by atoms with E-state index >= 15 is 0 Å². The third-order valence-corrected chi connectivity index (χ3v) is 5.52. The number of hydrogen-bond acceptors (Lipinski definition) is 8. The maximum Gasteiger partial charge on any atom is 0.342 e. The molecule has 36 heavy (non-hydrogen) atoms. The number of aromatic hydroxyl groups is 1. The molecule has 9 heteroatoms. The smallest absolute Gasteiger partial charge is 0.342 e. The zero-order chi connectivity index (χ0) is 26.2. The third-order valence-electron chi connectivity index (χ3n) is 5.52. The van der Waals surface area contributed by atoms with E-state index in [0.29, 0.717) is 18.5 Å². The van der Waals surface area contributed by atoms with E-state index in [1.807, 2.05) is 30.3 Å². The lowest BCUT2D eigenvalue weighted by atomic mass is 9.89. The van der Waals surface area contributed by atoms with Gasteiger partial charge in [0, 0.05) is 24.6 Å². The summed E-state index contributed by atoms with van der Waals surface area (Å²) in [5.74, 6) is -2.11. The highest BCUT2D eigenvalue weighted by atomic mass is 16.6. The summed E-state index contributed by atoms with van der Waals surface area (Å²) in [7, 11) is 3.61. The molecule has 3 aromatic rings. The molecule has 188 valence electrons. The summed E-state index contributed by atoms with van der Waals surface area (Å²) in [5.41, 5.74) is 0.462. The van der Waals surface area contributed by atoms with Crippen molar-refractivity contribution in [3.8, 4) is 16.9 Å². The van der Waals surface area contributed by atoms with Gasteiger partial charge in [0.05, 0.1) is 22.7 Å². The van der Waals surface area contributed by atoms with Crippen molar-refractivity contribution >= 4 is 17.6 Å². The lowest BCUT2D eigenvalue weighted by Crippen LogP contribution is -2.21. The molecule has 0 amide bonds. The fourth-order valence-corrected chi connectivity index (χ4v) is 3.75. The Morgan fingerprint density at radius 3 is 2.22 bits per heavy atom. The quantitative estimate of drug-likeness (QED) is 0.251. The van der Waals surface area contributed by atoms with Crippen LogP contribution in [0.25, 0.3) is 11.1 Å². The van der Waals surface area contributed by atoms with E-state index in [-0.39, 0.29) is 41.2 Å². The Hall–Kier alpha value is -4.24. The standard InChI is InChI=1S/C27H28N2O7/c1-18-17-22(30)25(27(32)36-16-14-28(2)3)24(20-11-7-8-12-21(20)29(33)34)23(18)26(31)35-15-13-19-9-5-4-6-10-19/h4-12,17,30H,13-16H2,1-3H3. The van der Waals surface area contributed by atoms with Crippen molar-refractivity contribution in [1.29, 1.82) is 0 Å². The van der Waals surface area contributed by atoms with Gasteiger partial charge < -0.3 is 19.5 Å². The number of para-hydroxylation sites is 1. The molecule has 0 spiro atoms. The Labute approximate surface area is 209 Å². The topological polar surface area (TPSA) is 119 Å². The Morgan fingerprint density at radius 1 is 0.944 bits per heavy atom. The summed E-state index contributed by atoms with van der Waals surface area (Å²) in [6, 6.07) is 16.4. The summed E-state index contributed by atoms with van der Waals surface area (Å²) in [5, 5.41) is 22.5. The van der Waals surface area contributed by atoms with Gasteiger partial charge in [-0.05, 0) is 44.3 Å². The number of carbonyl (C=O) groups excluding carboxylic acids is 2. The first-order valence-corrected chi connectivity index (χ1v) is 11.3. The minimum atomic E-state index is -0.902. The predicted molar refractivity (Wildman–Crippen MR) is 134 cm³/mol. The zero-order valence-corrected chi connectivity index (χ0v) is 20.4. The highest BCUT2D eigenvalue weighted by Crippen LogP contribution is 2.40. The number of hydrogen-bond donors (Lipinski definition) is 1. The summed E-state index contributed by atoms with van der Waals surface area (Å²) in [6.07, 6.45) is 0.462. The van der Waals surface area contributed by atoms with E-state index < -0.39 is 22.6 Å². The number of likely N-dealkylation sites (N-methyl/N-ethyl adjacent to an activating group) is 1. The van der Waals surface area contributed by atoms with Gasteiger partial charge in [-0.25, -0.2) is 9.59 Å². The fraction of sp³-hybridized carbons (Fsp3) is 0.259. The van der Waals surface area contributed by atoms with Gasteiger partial charge in [0.15, 0.2) is 0 Å². The fourth-order valence-electron chi connectivity index (χ4n) is 3.75. The van der Waals surface area contributed by atoms with Crippen LogP contribution < -0.4 is 0 Å². The second-order valence-corrected chi connectivity index (χ2v) is 8.42. The lowest BCUT2D eigenvalue weighted by molar-refractivity contribution is -0.384. The number of rotatable bonds is 10. The number of ether oxygens (including phenoxy) is 2. The summed E-state index contributed by atoms with van der Waals surface area (Å²) in [4.78, 5) is 39.4. The van der Waals surface area contributed by atoms with Crippen LogP contribution in [0.4, 0.5) is 5.69 Å². The molecule has 0 atom stereocenters. The van der Waals surface area contributed by atoms with Crippen LogP contribution in [-0.4, -0.2) is 60.7 Å². The first-order chi connectivity index (χ1) is 17.2. The SMILES string of the molecule is Cc1cc(O)c(C(=O)OCCN(C)C)c(-c2ccccc2[N+](=O)[O-])c1C(=O)OCCc1ccccc1. The van der Waals surface area contributed by atoms with Crippen molar-refractivity contribution in [2.24, 2.45) is 0 Å². The van der Waals surface area contributed by atoms with Gasteiger partial charge in [-0.1, -0.05) is 42.5 Å². The Bertz CT molecular complexity index is 1260. The van der Waals surface area contributed by atoms with Crippen LogP contribution in [0.1, 0.15) is 31.8 Å². The third kappa shape index (κ3) is 6.25. The molecular formula is C27H28N2O7. The largest absolute Gasteiger partial charge is 0.507 e. The summed E-state index contributed by atoms with van der Waals surface area (Å²) in [6.45, 7) is 2.06. The first kappa shape index (κ1) is 26.4. The number of carbonyl (C=O) groups is 2. The molecule has 0 aromatic heterocycles. The molecule has 0 fully saturated rings. The molecule has 0 saturated carbocycles. The molecule has 0 aliphatic carbocycles. The number of phenols is 1. The van der Waals surface area contributed by atoms with Crippen molar-refractivity contribution in [2.75, 3.05) is 33.9 Å². The molecule has 9 nitrogen and oxygen atoms in total. The molecule has 0 radical (unpaired) electrons. The monoisotopic (exact) mass is 492 g/mol. The highest BCUT2D eigenvalue weighted by Gasteiger charge is 2.31. The summed E-state index contributed by atoms with van der Waals surface area (Å²) >= 11 is 0. The maximum atomic E-state index is 13.3.